The molecule has 0 unspecified atom stereocenters. The number of hydrogen-bond acceptors (Lipinski definition) is 4. The van der Waals surface area contributed by atoms with Crippen molar-refractivity contribution in [2.24, 2.45) is 5.92 Å². The van der Waals surface area contributed by atoms with Gasteiger partial charge in [-0.25, -0.2) is 0 Å². The number of likely N-dealkylation sites (tertiary alicyclic amines) is 1. The highest BCUT2D eigenvalue weighted by molar-refractivity contribution is 5.94. The largest absolute Gasteiger partial charge is 0.494 e. The highest BCUT2D eigenvalue weighted by atomic mass is 16.5. The summed E-state index contributed by atoms with van der Waals surface area (Å²) in [6.07, 6.45) is 3.80. The van der Waals surface area contributed by atoms with Crippen molar-refractivity contribution in [1.29, 1.82) is 0 Å². The van der Waals surface area contributed by atoms with Crippen molar-refractivity contribution in [3.63, 3.8) is 0 Å². The molecule has 4 nitrogen and oxygen atoms in total. The van der Waals surface area contributed by atoms with Crippen molar-refractivity contribution in [2.75, 3.05) is 33.3 Å². The number of benzene rings is 1. The fraction of sp³-hybridized carbons (Fsp3) is 0.632. The molecule has 1 aromatic carbocycles. The van der Waals surface area contributed by atoms with E-state index in [2.05, 4.69) is 10.2 Å². The first-order valence-electron chi connectivity index (χ1n) is 8.77. The molecule has 0 radical (unpaired) electrons. The predicted molar refractivity (Wildman–Crippen MR) is 94.2 cm³/mol. The van der Waals surface area contributed by atoms with Crippen LogP contribution >= 0.6 is 0 Å². The van der Waals surface area contributed by atoms with Gasteiger partial charge in [0.05, 0.1) is 6.61 Å². The van der Waals surface area contributed by atoms with Gasteiger partial charge in [0.25, 0.3) is 0 Å². The first-order chi connectivity index (χ1) is 11.1. The SMILES string of the molecule is CCOc1ccc(C(C)=O)cc1CN1CCC(CCNC)CC1. The maximum atomic E-state index is 11.6. The number of carbonyl (C=O) groups is 1. The number of ether oxygens (including phenoxy) is 1. The Morgan fingerprint density at radius 3 is 2.70 bits per heavy atom. The van der Waals surface area contributed by atoms with E-state index in [-0.39, 0.29) is 5.78 Å². The number of nitrogens with one attached hydrogen (secondary N) is 1. The van der Waals surface area contributed by atoms with E-state index in [0.29, 0.717) is 6.61 Å². The lowest BCUT2D eigenvalue weighted by Crippen LogP contribution is -2.34. The Bertz CT molecular complexity index is 508. The molecule has 128 valence electrons. The van der Waals surface area contributed by atoms with Crippen LogP contribution in [0.3, 0.4) is 0 Å². The lowest BCUT2D eigenvalue weighted by atomic mass is 9.93. The maximum Gasteiger partial charge on any atom is 0.159 e. The summed E-state index contributed by atoms with van der Waals surface area (Å²) in [6.45, 7) is 8.50. The molecule has 1 aliphatic rings. The summed E-state index contributed by atoms with van der Waals surface area (Å²) in [4.78, 5) is 14.1. The van der Waals surface area contributed by atoms with Gasteiger partial charge in [-0.1, -0.05) is 0 Å². The van der Waals surface area contributed by atoms with E-state index < -0.39 is 0 Å². The smallest absolute Gasteiger partial charge is 0.159 e. The highest BCUT2D eigenvalue weighted by Gasteiger charge is 2.20. The zero-order chi connectivity index (χ0) is 16.7. The van der Waals surface area contributed by atoms with E-state index in [1.165, 1.54) is 19.3 Å². The quantitative estimate of drug-likeness (QED) is 0.748. The average molecular weight is 318 g/mol. The summed E-state index contributed by atoms with van der Waals surface area (Å²) in [7, 11) is 2.02. The fourth-order valence-electron chi connectivity index (χ4n) is 3.24. The summed E-state index contributed by atoms with van der Waals surface area (Å²) >= 11 is 0. The molecule has 1 aliphatic heterocycles. The molecule has 0 aromatic heterocycles. The van der Waals surface area contributed by atoms with E-state index in [4.69, 9.17) is 4.74 Å². The summed E-state index contributed by atoms with van der Waals surface area (Å²) in [5.74, 6) is 1.86. The Balaban J connectivity index is 1.99. The molecule has 0 bridgehead atoms. The minimum atomic E-state index is 0.111. The Hall–Kier alpha value is -1.39. The molecule has 0 saturated carbocycles. The van der Waals surface area contributed by atoms with Crippen LogP contribution in [0, 0.1) is 5.92 Å². The van der Waals surface area contributed by atoms with E-state index in [9.17, 15) is 4.79 Å². The number of nitrogens with zero attached hydrogens (tertiary/aromatic N) is 1. The zero-order valence-corrected chi connectivity index (χ0v) is 14.7. The van der Waals surface area contributed by atoms with Crippen LogP contribution in [-0.2, 0) is 6.54 Å². The van der Waals surface area contributed by atoms with Gasteiger partial charge in [-0.15, -0.1) is 0 Å². The normalized spacial score (nSPS) is 16.5. The third-order valence-electron chi connectivity index (χ3n) is 4.67. The van der Waals surface area contributed by atoms with E-state index in [0.717, 1.165) is 49.0 Å². The number of hydrogen-bond donors (Lipinski definition) is 1. The topological polar surface area (TPSA) is 41.6 Å². The minimum Gasteiger partial charge on any atom is -0.494 e. The van der Waals surface area contributed by atoms with Crippen LogP contribution in [0.1, 0.15) is 49.0 Å². The lowest BCUT2D eigenvalue weighted by Gasteiger charge is -2.32. The predicted octanol–water partition coefficient (Wildman–Crippen LogP) is 3.11. The second-order valence-corrected chi connectivity index (χ2v) is 6.42. The molecule has 1 aromatic rings. The summed E-state index contributed by atoms with van der Waals surface area (Å²) in [5.41, 5.74) is 1.90. The molecule has 2 rings (SSSR count). The van der Waals surface area contributed by atoms with Gasteiger partial charge in [0.1, 0.15) is 5.75 Å². The van der Waals surface area contributed by atoms with Crippen molar-refractivity contribution >= 4 is 5.78 Å². The van der Waals surface area contributed by atoms with E-state index in [1.54, 1.807) is 6.92 Å². The van der Waals surface area contributed by atoms with Crippen LogP contribution in [-0.4, -0.2) is 44.0 Å². The number of piperidine rings is 1. The number of rotatable bonds is 8. The summed E-state index contributed by atoms with van der Waals surface area (Å²) in [5, 5.41) is 3.24. The molecule has 0 aliphatic carbocycles. The van der Waals surface area contributed by atoms with Crippen molar-refractivity contribution in [3.05, 3.63) is 29.3 Å². The Kier molecular flexibility index (Phi) is 7.06. The Morgan fingerprint density at radius 2 is 2.09 bits per heavy atom. The first kappa shape index (κ1) is 18.0. The average Bonchev–Trinajstić information content (AvgIpc) is 2.56. The van der Waals surface area contributed by atoms with Gasteiger partial charge >= 0.3 is 0 Å². The zero-order valence-electron chi connectivity index (χ0n) is 14.7. The van der Waals surface area contributed by atoms with Crippen LogP contribution in [0.5, 0.6) is 5.75 Å². The number of Topliss-reactive ketones (excluding diaryl/α,β-unsaturated/α-hetero) is 1. The van der Waals surface area contributed by atoms with Gasteiger partial charge in [-0.05, 0) is 83.9 Å². The summed E-state index contributed by atoms with van der Waals surface area (Å²) < 4.78 is 5.74. The molecule has 23 heavy (non-hydrogen) atoms. The second-order valence-electron chi connectivity index (χ2n) is 6.42. The Labute approximate surface area is 140 Å². The van der Waals surface area contributed by atoms with Gasteiger partial charge in [0.15, 0.2) is 5.78 Å². The molecule has 1 heterocycles. The van der Waals surface area contributed by atoms with E-state index in [1.807, 2.05) is 32.2 Å². The fourth-order valence-corrected chi connectivity index (χ4v) is 3.24. The van der Waals surface area contributed by atoms with Crippen LogP contribution in [0.4, 0.5) is 0 Å². The van der Waals surface area contributed by atoms with E-state index >= 15 is 0 Å². The van der Waals surface area contributed by atoms with Crippen LogP contribution in [0.15, 0.2) is 18.2 Å². The molecule has 4 heteroatoms. The number of carbonyl (C=O) groups excluding carboxylic acids is 1. The third kappa shape index (κ3) is 5.33. The monoisotopic (exact) mass is 318 g/mol. The van der Waals surface area contributed by atoms with Gasteiger partial charge in [-0.3, -0.25) is 9.69 Å². The van der Waals surface area contributed by atoms with Gasteiger partial charge < -0.3 is 10.1 Å². The first-order valence-corrected chi connectivity index (χ1v) is 8.77. The van der Waals surface area contributed by atoms with Crippen LogP contribution in [0.25, 0.3) is 0 Å². The van der Waals surface area contributed by atoms with Gasteiger partial charge in [0.2, 0.25) is 0 Å². The minimum absolute atomic E-state index is 0.111. The van der Waals surface area contributed by atoms with Crippen molar-refractivity contribution in [3.8, 4) is 5.75 Å². The highest BCUT2D eigenvalue weighted by Crippen LogP contribution is 2.26. The molecule has 0 amide bonds. The molecule has 0 atom stereocenters. The van der Waals surface area contributed by atoms with Crippen molar-refractivity contribution < 1.29 is 9.53 Å². The molecule has 1 saturated heterocycles. The van der Waals surface area contributed by atoms with Crippen LogP contribution in [0.2, 0.25) is 0 Å². The third-order valence-corrected chi connectivity index (χ3v) is 4.67. The van der Waals surface area contributed by atoms with Gasteiger partial charge in [-0.2, -0.15) is 0 Å². The standard InChI is InChI=1S/C19H30N2O2/c1-4-23-19-6-5-17(15(2)22)13-18(19)14-21-11-8-16(9-12-21)7-10-20-3/h5-6,13,16,20H,4,7-12,14H2,1-3H3. The summed E-state index contributed by atoms with van der Waals surface area (Å²) in [6, 6.07) is 5.80. The number of ketones is 1. The second kappa shape index (κ2) is 9.04. The molecular formula is C19H30N2O2. The van der Waals surface area contributed by atoms with Crippen LogP contribution < -0.4 is 10.1 Å². The van der Waals surface area contributed by atoms with Crippen molar-refractivity contribution in [2.45, 2.75) is 39.7 Å². The molecule has 0 spiro atoms. The lowest BCUT2D eigenvalue weighted by molar-refractivity contribution is 0.101. The van der Waals surface area contributed by atoms with Gasteiger partial charge in [0, 0.05) is 17.7 Å². The molecule has 1 N–H and O–H groups in total. The Morgan fingerprint density at radius 1 is 1.35 bits per heavy atom. The molecular weight excluding hydrogens is 288 g/mol. The maximum absolute atomic E-state index is 11.6. The molecule has 1 fully saturated rings. The van der Waals surface area contributed by atoms with Crippen molar-refractivity contribution in [1.82, 2.24) is 10.2 Å².